The topological polar surface area (TPSA) is 18.5 Å². The van der Waals surface area contributed by atoms with Gasteiger partial charge in [0.15, 0.2) is 0 Å². The second-order valence-corrected chi connectivity index (χ2v) is 3.41. The average Bonchev–Trinajstić information content (AvgIpc) is 2.08. The maximum absolute atomic E-state index is 5.54. The lowest BCUT2D eigenvalue weighted by atomic mass is 10.1. The molecule has 0 spiro atoms. The molecule has 0 aromatic heterocycles. The average molecular weight is 174 g/mol. The summed E-state index contributed by atoms with van der Waals surface area (Å²) in [6.45, 7) is 11.7. The summed E-state index contributed by atoms with van der Waals surface area (Å²) in [5.74, 6) is 0. The molecular weight excluding hydrogens is 152 g/mol. The highest BCUT2D eigenvalue weighted by molar-refractivity contribution is 4.74. The fourth-order valence-corrected chi connectivity index (χ4v) is 0.963. The van der Waals surface area contributed by atoms with Gasteiger partial charge < -0.3 is 9.47 Å². The van der Waals surface area contributed by atoms with Gasteiger partial charge in [-0.05, 0) is 20.3 Å². The van der Waals surface area contributed by atoms with Crippen LogP contribution in [0.5, 0.6) is 0 Å². The van der Waals surface area contributed by atoms with Crippen LogP contribution >= 0.6 is 0 Å². The lowest BCUT2D eigenvalue weighted by molar-refractivity contribution is -0.174. The Morgan fingerprint density at radius 3 is 2.25 bits per heavy atom. The summed E-state index contributed by atoms with van der Waals surface area (Å²) >= 11 is 0. The lowest BCUT2D eigenvalue weighted by Crippen LogP contribution is -2.41. The van der Waals surface area contributed by atoms with Crippen molar-refractivity contribution in [3.8, 4) is 0 Å². The van der Waals surface area contributed by atoms with E-state index in [4.69, 9.17) is 9.47 Å². The zero-order valence-electron chi connectivity index (χ0n) is 9.02. The van der Waals surface area contributed by atoms with Crippen LogP contribution in [-0.2, 0) is 9.47 Å². The van der Waals surface area contributed by atoms with Crippen molar-refractivity contribution in [1.82, 2.24) is 0 Å². The molecule has 1 saturated heterocycles. The van der Waals surface area contributed by atoms with E-state index < -0.39 is 0 Å². The third-order valence-electron chi connectivity index (χ3n) is 1.78. The van der Waals surface area contributed by atoms with Gasteiger partial charge in [0.25, 0.3) is 0 Å². The maximum Gasteiger partial charge on any atom is 0.0860 e. The van der Waals surface area contributed by atoms with Gasteiger partial charge >= 0.3 is 0 Å². The molecule has 1 aliphatic heterocycles. The zero-order valence-corrected chi connectivity index (χ0v) is 9.02. The van der Waals surface area contributed by atoms with Crippen molar-refractivity contribution < 1.29 is 9.47 Å². The molecule has 0 aromatic rings. The van der Waals surface area contributed by atoms with Crippen LogP contribution in [0.2, 0.25) is 0 Å². The molecule has 0 radical (unpaired) electrons. The first kappa shape index (κ1) is 11.9. The van der Waals surface area contributed by atoms with Crippen molar-refractivity contribution >= 4 is 0 Å². The van der Waals surface area contributed by atoms with Crippen LogP contribution in [0.25, 0.3) is 0 Å². The highest BCUT2D eigenvalue weighted by atomic mass is 16.6. The van der Waals surface area contributed by atoms with Gasteiger partial charge in [0, 0.05) is 0 Å². The molecule has 12 heavy (non-hydrogen) atoms. The quantitative estimate of drug-likeness (QED) is 0.608. The van der Waals surface area contributed by atoms with E-state index in [-0.39, 0.29) is 5.60 Å². The molecule has 1 fully saturated rings. The summed E-state index contributed by atoms with van der Waals surface area (Å²) in [5, 5.41) is 0. The summed E-state index contributed by atoms with van der Waals surface area (Å²) in [5.41, 5.74) is -0.0638. The summed E-state index contributed by atoms with van der Waals surface area (Å²) < 4.78 is 11.1. The highest BCUT2D eigenvalue weighted by Gasteiger charge is 2.26. The Bertz CT molecular complexity index is 100. The number of ether oxygens (including phenoxy) is 2. The van der Waals surface area contributed by atoms with E-state index in [1.807, 2.05) is 13.8 Å². The van der Waals surface area contributed by atoms with Crippen LogP contribution in [0.1, 0.15) is 41.0 Å². The smallest absolute Gasteiger partial charge is 0.0860 e. The van der Waals surface area contributed by atoms with Crippen LogP contribution in [0.15, 0.2) is 0 Å². The molecule has 1 aliphatic rings. The predicted octanol–water partition coefficient (Wildman–Crippen LogP) is 2.62. The molecule has 0 aromatic carbocycles. The summed E-state index contributed by atoms with van der Waals surface area (Å²) in [6.07, 6.45) is 1.38. The van der Waals surface area contributed by atoms with Gasteiger partial charge in [-0.15, -0.1) is 0 Å². The summed E-state index contributed by atoms with van der Waals surface area (Å²) in [7, 11) is 0. The van der Waals surface area contributed by atoms with Gasteiger partial charge in [0.05, 0.1) is 24.9 Å². The van der Waals surface area contributed by atoms with Gasteiger partial charge in [-0.1, -0.05) is 20.8 Å². The molecule has 0 bridgehead atoms. The van der Waals surface area contributed by atoms with Crippen LogP contribution < -0.4 is 0 Å². The highest BCUT2D eigenvalue weighted by Crippen LogP contribution is 2.18. The molecule has 1 unspecified atom stereocenters. The fourth-order valence-electron chi connectivity index (χ4n) is 0.963. The molecule has 2 heteroatoms. The molecule has 0 amide bonds. The van der Waals surface area contributed by atoms with Crippen molar-refractivity contribution in [3.05, 3.63) is 0 Å². The molecule has 2 nitrogen and oxygen atoms in total. The minimum atomic E-state index is -0.0638. The normalized spacial score (nSPS) is 27.2. The van der Waals surface area contributed by atoms with Crippen molar-refractivity contribution in [2.24, 2.45) is 0 Å². The second kappa shape index (κ2) is 5.55. The van der Waals surface area contributed by atoms with E-state index in [2.05, 4.69) is 20.8 Å². The van der Waals surface area contributed by atoms with E-state index >= 15 is 0 Å². The molecular formula is C10H22O2. The van der Waals surface area contributed by atoms with Crippen LogP contribution in [0, 0.1) is 0 Å². The molecule has 0 saturated carbocycles. The van der Waals surface area contributed by atoms with Crippen LogP contribution in [-0.4, -0.2) is 24.9 Å². The Kier molecular flexibility index (Phi) is 5.51. The van der Waals surface area contributed by atoms with E-state index in [0.29, 0.717) is 6.10 Å². The molecule has 1 rings (SSSR count). The Hall–Kier alpha value is -0.0800. The number of rotatable bonds is 1. The standard InChI is InChI=1S/C8H16O2.C2H6/c1-4-7-5-10-8(2,3)6-9-7;1-2/h7H,4-6H2,1-3H3;1-2H3. The lowest BCUT2D eigenvalue weighted by Gasteiger charge is -2.34. The predicted molar refractivity (Wildman–Crippen MR) is 51.4 cm³/mol. The number of hydrogen-bond acceptors (Lipinski definition) is 2. The molecule has 0 N–H and O–H groups in total. The SMILES string of the molecule is CC.CCC1COC(C)(C)CO1. The first-order valence-electron chi connectivity index (χ1n) is 4.89. The minimum absolute atomic E-state index is 0.0638. The van der Waals surface area contributed by atoms with Gasteiger partial charge in [-0.3, -0.25) is 0 Å². The zero-order chi connectivity index (χ0) is 9.61. The second-order valence-electron chi connectivity index (χ2n) is 3.41. The van der Waals surface area contributed by atoms with Crippen LogP contribution in [0.4, 0.5) is 0 Å². The van der Waals surface area contributed by atoms with Crippen molar-refractivity contribution in [2.75, 3.05) is 13.2 Å². The first-order valence-corrected chi connectivity index (χ1v) is 4.89. The fraction of sp³-hybridized carbons (Fsp3) is 1.00. The van der Waals surface area contributed by atoms with Crippen molar-refractivity contribution in [2.45, 2.75) is 52.7 Å². The Balaban J connectivity index is 0.000000561. The van der Waals surface area contributed by atoms with E-state index in [1.54, 1.807) is 0 Å². The minimum Gasteiger partial charge on any atom is -0.373 e. The Morgan fingerprint density at radius 2 is 1.92 bits per heavy atom. The monoisotopic (exact) mass is 174 g/mol. The van der Waals surface area contributed by atoms with Crippen molar-refractivity contribution in [3.63, 3.8) is 0 Å². The third-order valence-corrected chi connectivity index (χ3v) is 1.78. The molecule has 1 heterocycles. The van der Waals surface area contributed by atoms with E-state index in [0.717, 1.165) is 19.6 Å². The van der Waals surface area contributed by atoms with Gasteiger partial charge in [-0.2, -0.15) is 0 Å². The molecule has 74 valence electrons. The van der Waals surface area contributed by atoms with Gasteiger partial charge in [0.1, 0.15) is 0 Å². The van der Waals surface area contributed by atoms with Crippen LogP contribution in [0.3, 0.4) is 0 Å². The Labute approximate surface area is 76.3 Å². The summed E-state index contributed by atoms with van der Waals surface area (Å²) in [6, 6.07) is 0. The first-order chi connectivity index (χ1) is 5.64. The summed E-state index contributed by atoms with van der Waals surface area (Å²) in [4.78, 5) is 0. The van der Waals surface area contributed by atoms with E-state index in [1.165, 1.54) is 0 Å². The Morgan fingerprint density at radius 1 is 1.33 bits per heavy atom. The van der Waals surface area contributed by atoms with Gasteiger partial charge in [0.2, 0.25) is 0 Å². The van der Waals surface area contributed by atoms with Gasteiger partial charge in [-0.25, -0.2) is 0 Å². The number of hydrogen-bond donors (Lipinski definition) is 0. The maximum atomic E-state index is 5.54. The molecule has 0 aliphatic carbocycles. The molecule has 1 atom stereocenters. The van der Waals surface area contributed by atoms with E-state index in [9.17, 15) is 0 Å². The largest absolute Gasteiger partial charge is 0.373 e. The third kappa shape index (κ3) is 4.07. The van der Waals surface area contributed by atoms with Crippen molar-refractivity contribution in [1.29, 1.82) is 0 Å².